The molecule has 0 bridgehead atoms. The summed E-state index contributed by atoms with van der Waals surface area (Å²) in [4.78, 5) is 12.2. The number of rotatable bonds is 3. The van der Waals surface area contributed by atoms with Gasteiger partial charge in [0.1, 0.15) is 0 Å². The first kappa shape index (κ1) is 12.0. The Labute approximate surface area is 79.0 Å². The van der Waals surface area contributed by atoms with Gasteiger partial charge in [0.25, 0.3) is 0 Å². The highest BCUT2D eigenvalue weighted by atomic mass is 16.4. The Morgan fingerprint density at radius 3 is 2.31 bits per heavy atom. The third-order valence-corrected chi connectivity index (χ3v) is 1.63. The lowest BCUT2D eigenvalue weighted by atomic mass is 10.1. The highest BCUT2D eigenvalue weighted by Gasteiger charge is 2.24. The molecule has 0 aliphatic rings. The molecule has 0 rings (SSSR count). The van der Waals surface area contributed by atoms with Crippen LogP contribution < -0.4 is 5.73 Å². The summed E-state index contributed by atoms with van der Waals surface area (Å²) in [6, 6.07) is 0. The summed E-state index contributed by atoms with van der Waals surface area (Å²) >= 11 is 0. The van der Waals surface area contributed by atoms with Gasteiger partial charge in [-0.15, -0.1) is 0 Å². The summed E-state index contributed by atoms with van der Waals surface area (Å²) < 4.78 is 0. The first-order valence-corrected chi connectivity index (χ1v) is 4.25. The molecule has 0 spiro atoms. The number of nitrogens with two attached hydrogens (primary N) is 1. The first-order valence-electron chi connectivity index (χ1n) is 4.25. The Morgan fingerprint density at radius 1 is 1.46 bits per heavy atom. The van der Waals surface area contributed by atoms with Crippen LogP contribution in [0.4, 0.5) is 4.79 Å². The van der Waals surface area contributed by atoms with E-state index in [0.29, 0.717) is 13.1 Å². The van der Waals surface area contributed by atoms with Crippen molar-refractivity contribution in [1.29, 1.82) is 0 Å². The van der Waals surface area contributed by atoms with Crippen molar-refractivity contribution in [1.82, 2.24) is 4.90 Å². The summed E-state index contributed by atoms with van der Waals surface area (Å²) in [7, 11) is 0. The molecule has 0 aromatic heterocycles. The zero-order valence-electron chi connectivity index (χ0n) is 8.45. The normalized spacial score (nSPS) is 12.0. The topological polar surface area (TPSA) is 66.6 Å². The fourth-order valence-electron chi connectivity index (χ4n) is 0.915. The van der Waals surface area contributed by atoms with Gasteiger partial charge in [0.2, 0.25) is 0 Å². The Bertz CT molecular complexity index is 194. The largest absolute Gasteiger partial charge is 0.465 e. The molecule has 0 atom stereocenters. The fraction of sp³-hybridized carbons (Fsp3) is 0.667. The molecule has 0 fully saturated rings. The highest BCUT2D eigenvalue weighted by Crippen LogP contribution is 2.12. The van der Waals surface area contributed by atoms with Crippen LogP contribution >= 0.6 is 0 Å². The van der Waals surface area contributed by atoms with E-state index in [4.69, 9.17) is 10.8 Å². The maximum atomic E-state index is 10.8. The molecule has 0 aliphatic carbocycles. The van der Waals surface area contributed by atoms with Crippen LogP contribution in [0.25, 0.3) is 0 Å². The molecule has 0 radical (unpaired) electrons. The molecule has 0 aromatic rings. The molecule has 0 aromatic carbocycles. The van der Waals surface area contributed by atoms with Crippen LogP contribution in [-0.4, -0.2) is 34.7 Å². The van der Waals surface area contributed by atoms with Gasteiger partial charge in [0.15, 0.2) is 0 Å². The Morgan fingerprint density at radius 2 is 2.00 bits per heavy atom. The van der Waals surface area contributed by atoms with Gasteiger partial charge in [-0.05, 0) is 20.8 Å². The standard InChI is InChI=1S/C9H18N2O2/c1-9(2,3)11(8(12)13)7-5-4-6-10/h4-5H,6-7,10H2,1-3H3,(H,12,13). The minimum atomic E-state index is -0.908. The maximum Gasteiger partial charge on any atom is 0.408 e. The molecule has 4 nitrogen and oxygen atoms in total. The molecule has 1 amide bonds. The van der Waals surface area contributed by atoms with Crippen LogP contribution in [0.15, 0.2) is 12.2 Å². The maximum absolute atomic E-state index is 10.8. The van der Waals surface area contributed by atoms with E-state index < -0.39 is 6.09 Å². The van der Waals surface area contributed by atoms with E-state index in [1.807, 2.05) is 20.8 Å². The van der Waals surface area contributed by atoms with Crippen LogP contribution in [-0.2, 0) is 0 Å². The molecule has 0 saturated heterocycles. The number of nitrogens with zero attached hydrogens (tertiary/aromatic N) is 1. The summed E-state index contributed by atoms with van der Waals surface area (Å²) in [6.45, 7) is 6.40. The second-order valence-corrected chi connectivity index (χ2v) is 3.77. The molecule has 0 unspecified atom stereocenters. The van der Waals surface area contributed by atoms with Crippen molar-refractivity contribution < 1.29 is 9.90 Å². The zero-order chi connectivity index (χ0) is 10.5. The van der Waals surface area contributed by atoms with Crippen molar-refractivity contribution >= 4 is 6.09 Å². The molecule has 13 heavy (non-hydrogen) atoms. The van der Waals surface area contributed by atoms with Crippen molar-refractivity contribution in [2.45, 2.75) is 26.3 Å². The third-order valence-electron chi connectivity index (χ3n) is 1.63. The van der Waals surface area contributed by atoms with Crippen molar-refractivity contribution in [2.75, 3.05) is 13.1 Å². The van der Waals surface area contributed by atoms with Crippen LogP contribution in [0.1, 0.15) is 20.8 Å². The van der Waals surface area contributed by atoms with Crippen LogP contribution in [0.3, 0.4) is 0 Å². The first-order chi connectivity index (χ1) is 5.89. The Balaban J connectivity index is 4.28. The van der Waals surface area contributed by atoms with Gasteiger partial charge in [-0.3, -0.25) is 4.90 Å². The number of amides is 1. The molecule has 0 saturated carbocycles. The van der Waals surface area contributed by atoms with Crippen molar-refractivity contribution in [3.05, 3.63) is 12.2 Å². The van der Waals surface area contributed by atoms with Gasteiger partial charge in [-0.25, -0.2) is 4.79 Å². The van der Waals surface area contributed by atoms with Gasteiger partial charge in [0.05, 0.1) is 0 Å². The van der Waals surface area contributed by atoms with E-state index in [0.717, 1.165) is 0 Å². The summed E-state index contributed by atoms with van der Waals surface area (Å²) in [5, 5.41) is 8.87. The third kappa shape index (κ3) is 4.52. The monoisotopic (exact) mass is 186 g/mol. The second kappa shape index (κ2) is 4.87. The predicted molar refractivity (Wildman–Crippen MR) is 52.7 cm³/mol. The van der Waals surface area contributed by atoms with Crippen LogP contribution in [0.5, 0.6) is 0 Å². The molecule has 3 N–H and O–H groups in total. The fourth-order valence-corrected chi connectivity index (χ4v) is 0.915. The van der Waals surface area contributed by atoms with Crippen LogP contribution in [0.2, 0.25) is 0 Å². The lowest BCUT2D eigenvalue weighted by Crippen LogP contribution is -2.44. The zero-order valence-corrected chi connectivity index (χ0v) is 8.45. The van der Waals surface area contributed by atoms with Gasteiger partial charge in [-0.1, -0.05) is 12.2 Å². The van der Waals surface area contributed by atoms with E-state index in [1.165, 1.54) is 4.90 Å². The number of hydrogen-bond acceptors (Lipinski definition) is 2. The van der Waals surface area contributed by atoms with Gasteiger partial charge in [-0.2, -0.15) is 0 Å². The molecular formula is C9H18N2O2. The predicted octanol–water partition coefficient (Wildman–Crippen LogP) is 1.28. The van der Waals surface area contributed by atoms with E-state index in [2.05, 4.69) is 0 Å². The lowest BCUT2D eigenvalue weighted by molar-refractivity contribution is 0.108. The second-order valence-electron chi connectivity index (χ2n) is 3.77. The number of hydrogen-bond donors (Lipinski definition) is 2. The quantitative estimate of drug-likeness (QED) is 0.652. The van der Waals surface area contributed by atoms with Gasteiger partial charge < -0.3 is 10.8 Å². The molecule has 4 heteroatoms. The number of carboxylic acid groups (broad SMARTS) is 1. The molecular weight excluding hydrogens is 168 g/mol. The molecule has 0 aliphatic heterocycles. The smallest absolute Gasteiger partial charge is 0.408 e. The van der Waals surface area contributed by atoms with E-state index in [-0.39, 0.29) is 5.54 Å². The van der Waals surface area contributed by atoms with Gasteiger partial charge >= 0.3 is 6.09 Å². The minimum Gasteiger partial charge on any atom is -0.465 e. The molecule has 76 valence electrons. The van der Waals surface area contributed by atoms with E-state index in [1.54, 1.807) is 12.2 Å². The summed E-state index contributed by atoms with van der Waals surface area (Å²) in [5.41, 5.74) is 4.88. The Hall–Kier alpha value is -1.03. The Kier molecular flexibility index (Phi) is 4.48. The van der Waals surface area contributed by atoms with Crippen molar-refractivity contribution in [3.63, 3.8) is 0 Å². The number of carbonyl (C=O) groups is 1. The van der Waals surface area contributed by atoms with Gasteiger partial charge in [0, 0.05) is 18.6 Å². The summed E-state index contributed by atoms with van der Waals surface area (Å²) in [5.74, 6) is 0. The van der Waals surface area contributed by atoms with E-state index >= 15 is 0 Å². The highest BCUT2D eigenvalue weighted by molar-refractivity contribution is 5.66. The SMILES string of the molecule is CC(C)(C)N(CC=CCN)C(=O)O. The molecule has 0 heterocycles. The summed E-state index contributed by atoms with van der Waals surface area (Å²) in [6.07, 6.45) is 2.61. The van der Waals surface area contributed by atoms with E-state index in [9.17, 15) is 4.79 Å². The minimum absolute atomic E-state index is 0.370. The lowest BCUT2D eigenvalue weighted by Gasteiger charge is -2.32. The van der Waals surface area contributed by atoms with Crippen LogP contribution in [0, 0.1) is 0 Å². The average Bonchev–Trinajstić information content (AvgIpc) is 1.94. The van der Waals surface area contributed by atoms with Crippen molar-refractivity contribution in [2.24, 2.45) is 5.73 Å². The van der Waals surface area contributed by atoms with Crippen molar-refractivity contribution in [3.8, 4) is 0 Å². The average molecular weight is 186 g/mol.